The summed E-state index contributed by atoms with van der Waals surface area (Å²) in [5.74, 6) is -0.469. The van der Waals surface area contributed by atoms with E-state index in [1.807, 2.05) is 4.90 Å². The topological polar surface area (TPSA) is 82.8 Å². The maximum absolute atomic E-state index is 13.6. The number of hydrogen-bond donors (Lipinski definition) is 1. The normalized spacial score (nSPS) is 19.4. The molecule has 2 amide bonds. The first kappa shape index (κ1) is 32.4. The number of carbonyl (C=O) groups excluding carboxylic acids is 2. The number of nitrogens with one attached hydrogen (secondary N) is 1. The Hall–Kier alpha value is -3.50. The number of rotatable bonds is 6. The molecule has 0 atom stereocenters. The Labute approximate surface area is 268 Å². The van der Waals surface area contributed by atoms with E-state index in [1.165, 1.54) is 34.8 Å². The van der Waals surface area contributed by atoms with Gasteiger partial charge in [0.05, 0.1) is 34.3 Å². The summed E-state index contributed by atoms with van der Waals surface area (Å²) >= 11 is 2.62. The fraction of sp³-hybridized carbons (Fsp3) is 0.400. The summed E-state index contributed by atoms with van der Waals surface area (Å²) in [6, 6.07) is 6.61. The predicted molar refractivity (Wildman–Crippen MR) is 164 cm³/mol. The Balaban J connectivity index is 1.09. The highest BCUT2D eigenvalue weighted by Crippen LogP contribution is 2.38. The van der Waals surface area contributed by atoms with Gasteiger partial charge >= 0.3 is 12.4 Å². The van der Waals surface area contributed by atoms with Gasteiger partial charge in [0.1, 0.15) is 0 Å². The van der Waals surface area contributed by atoms with Gasteiger partial charge in [-0.25, -0.2) is 4.31 Å². The quantitative estimate of drug-likeness (QED) is 0.179. The van der Waals surface area contributed by atoms with Crippen LogP contribution in [0.1, 0.15) is 47.9 Å². The number of carbonyl (C=O) groups is 2. The fourth-order valence-corrected chi connectivity index (χ4v) is 7.42. The van der Waals surface area contributed by atoms with Gasteiger partial charge in [-0.15, -0.1) is 0 Å². The lowest BCUT2D eigenvalue weighted by Gasteiger charge is -2.32. The van der Waals surface area contributed by atoms with Crippen LogP contribution in [0.25, 0.3) is 17.0 Å². The molecule has 16 heteroatoms. The molecule has 0 spiro atoms. The van der Waals surface area contributed by atoms with Crippen LogP contribution in [0.3, 0.4) is 0 Å². The highest BCUT2D eigenvalue weighted by molar-refractivity contribution is 8.18. The lowest BCUT2D eigenvalue weighted by molar-refractivity contribution is -0.143. The number of hydrogen-bond acceptors (Lipinski definition) is 7. The Bertz CT molecular complexity index is 1710. The first-order chi connectivity index (χ1) is 21.8. The van der Waals surface area contributed by atoms with Crippen molar-refractivity contribution in [3.05, 3.63) is 69.8 Å². The number of nitrogens with zero attached hydrogens (tertiary/aromatic N) is 5. The summed E-state index contributed by atoms with van der Waals surface area (Å²) in [6.07, 6.45) is -3.19. The molecule has 2 aromatic carbocycles. The van der Waals surface area contributed by atoms with Gasteiger partial charge in [0, 0.05) is 49.6 Å². The molecule has 0 unspecified atom stereocenters. The van der Waals surface area contributed by atoms with Crippen molar-refractivity contribution < 1.29 is 35.9 Å². The molecule has 3 aromatic rings. The Morgan fingerprint density at radius 1 is 1.00 bits per heavy atom. The van der Waals surface area contributed by atoms with Crippen molar-refractivity contribution in [3.63, 3.8) is 0 Å². The van der Waals surface area contributed by atoms with Gasteiger partial charge in [-0.2, -0.15) is 36.4 Å². The number of aliphatic imine (C=N–C) groups is 1. The third-order valence-corrected chi connectivity index (χ3v) is 10.1. The van der Waals surface area contributed by atoms with Crippen LogP contribution in [0.15, 0.2) is 52.5 Å². The van der Waals surface area contributed by atoms with Gasteiger partial charge in [0.25, 0.3) is 5.91 Å². The van der Waals surface area contributed by atoms with Crippen molar-refractivity contribution in [2.75, 3.05) is 26.2 Å². The number of likely N-dealkylation sites (tertiary alicyclic amines) is 1. The van der Waals surface area contributed by atoms with Crippen LogP contribution in [-0.4, -0.2) is 62.1 Å². The van der Waals surface area contributed by atoms with Gasteiger partial charge in [0.15, 0.2) is 5.17 Å². The van der Waals surface area contributed by atoms with E-state index in [0.29, 0.717) is 58.5 Å². The number of thioether (sulfide) groups is 1. The minimum absolute atomic E-state index is 0.0214. The molecule has 0 bridgehead atoms. The van der Waals surface area contributed by atoms with Gasteiger partial charge in [0.2, 0.25) is 5.91 Å². The van der Waals surface area contributed by atoms with Crippen LogP contribution >= 0.6 is 23.9 Å². The first-order valence-corrected chi connectivity index (χ1v) is 16.2. The minimum Gasteiger partial charge on any atom is -0.351 e. The first-order valence-electron chi connectivity index (χ1n) is 14.6. The van der Waals surface area contributed by atoms with Gasteiger partial charge in [-0.05, 0) is 78.9 Å². The molecular weight excluding hydrogens is 654 g/mol. The van der Waals surface area contributed by atoms with E-state index in [1.54, 1.807) is 24.3 Å². The second-order valence-corrected chi connectivity index (χ2v) is 13.2. The van der Waals surface area contributed by atoms with Crippen LogP contribution in [0, 0.1) is 5.92 Å². The molecule has 2 fully saturated rings. The van der Waals surface area contributed by atoms with E-state index in [2.05, 4.69) is 19.1 Å². The molecule has 1 aromatic heterocycles. The van der Waals surface area contributed by atoms with Crippen molar-refractivity contribution in [2.24, 2.45) is 10.9 Å². The zero-order valence-electron chi connectivity index (χ0n) is 24.2. The second kappa shape index (κ2) is 13.0. The van der Waals surface area contributed by atoms with Crippen molar-refractivity contribution >= 4 is 57.9 Å². The molecule has 2 saturated heterocycles. The largest absolute Gasteiger partial charge is 0.416 e. The Morgan fingerprint density at radius 3 is 2.43 bits per heavy atom. The van der Waals surface area contributed by atoms with Crippen molar-refractivity contribution in [1.29, 1.82) is 0 Å². The molecular formula is C30H28F6N6O2S2. The second-order valence-electron chi connectivity index (χ2n) is 11.3. The van der Waals surface area contributed by atoms with E-state index < -0.39 is 30.0 Å². The van der Waals surface area contributed by atoms with E-state index in [0.717, 1.165) is 32.0 Å². The molecule has 3 aliphatic heterocycles. The van der Waals surface area contributed by atoms with Crippen LogP contribution in [0.4, 0.5) is 26.3 Å². The maximum Gasteiger partial charge on any atom is 0.416 e. The van der Waals surface area contributed by atoms with E-state index >= 15 is 0 Å². The van der Waals surface area contributed by atoms with E-state index in [-0.39, 0.29) is 29.4 Å². The van der Waals surface area contributed by atoms with Gasteiger partial charge in [-0.3, -0.25) is 19.0 Å². The molecule has 0 saturated carbocycles. The lowest BCUT2D eigenvalue weighted by atomic mass is 9.97. The van der Waals surface area contributed by atoms with E-state index in [9.17, 15) is 35.9 Å². The predicted octanol–water partition coefficient (Wildman–Crippen LogP) is 6.58. The van der Waals surface area contributed by atoms with Crippen LogP contribution in [0.5, 0.6) is 0 Å². The third kappa shape index (κ3) is 7.23. The molecule has 8 nitrogen and oxygen atoms in total. The number of halogens is 6. The SMILES string of the molecule is O=C1N=C(N2CCC(C(=O)NSN3CCCC3)CC2)S/C1=C\c1ccc2c(cnn2Cc2ccc(C(F)(F)F)cc2C(F)(F)F)c1. The minimum atomic E-state index is -4.98. The summed E-state index contributed by atoms with van der Waals surface area (Å²) in [4.78, 5) is 32.0. The molecule has 4 heterocycles. The van der Waals surface area contributed by atoms with Gasteiger partial charge in [-0.1, -0.05) is 12.1 Å². The number of piperidine rings is 1. The number of aromatic nitrogens is 2. The van der Waals surface area contributed by atoms with Crippen LogP contribution in [0.2, 0.25) is 0 Å². The monoisotopic (exact) mass is 682 g/mol. The highest BCUT2D eigenvalue weighted by Gasteiger charge is 2.38. The van der Waals surface area contributed by atoms with Crippen molar-refractivity contribution in [2.45, 2.75) is 44.6 Å². The lowest BCUT2D eigenvalue weighted by Crippen LogP contribution is -2.41. The fourth-order valence-electron chi connectivity index (χ4n) is 5.63. The highest BCUT2D eigenvalue weighted by atomic mass is 32.2. The summed E-state index contributed by atoms with van der Waals surface area (Å²) in [7, 11) is 0. The molecule has 1 N–H and O–H groups in total. The zero-order chi connectivity index (χ0) is 32.6. The zero-order valence-corrected chi connectivity index (χ0v) is 25.8. The van der Waals surface area contributed by atoms with E-state index in [4.69, 9.17) is 0 Å². The number of amidine groups is 1. The Morgan fingerprint density at radius 2 is 1.74 bits per heavy atom. The molecule has 244 valence electrons. The van der Waals surface area contributed by atoms with Gasteiger partial charge < -0.3 is 4.90 Å². The number of fused-ring (bicyclic) bond motifs is 1. The van der Waals surface area contributed by atoms with Crippen molar-refractivity contribution in [1.82, 2.24) is 23.7 Å². The summed E-state index contributed by atoms with van der Waals surface area (Å²) < 4.78 is 86.5. The number of alkyl halides is 6. The summed E-state index contributed by atoms with van der Waals surface area (Å²) in [5, 5.41) is 5.32. The molecule has 46 heavy (non-hydrogen) atoms. The summed E-state index contributed by atoms with van der Waals surface area (Å²) in [6.45, 7) is 2.75. The molecule has 0 aliphatic carbocycles. The smallest absolute Gasteiger partial charge is 0.351 e. The van der Waals surface area contributed by atoms with Crippen LogP contribution < -0.4 is 4.72 Å². The number of amides is 2. The molecule has 6 rings (SSSR count). The number of benzene rings is 2. The maximum atomic E-state index is 13.6. The summed E-state index contributed by atoms with van der Waals surface area (Å²) in [5.41, 5.74) is -1.97. The molecule has 0 radical (unpaired) electrons. The average Bonchev–Trinajstić information content (AvgIpc) is 3.76. The third-order valence-electron chi connectivity index (χ3n) is 8.11. The molecule has 3 aliphatic rings. The standard InChI is InChI=1S/C30H28F6N6O2S2/c31-29(32,33)22-5-4-20(23(15-22)30(34,35)36)17-42-24-6-3-18(13-21(24)16-37-42)14-25-27(44)38-28(45-25)40-11-7-19(8-12-40)26(43)39-46-41-9-1-2-10-41/h3-6,13-16,19H,1-2,7-12,17H2,(H,39,43)/b25-14-. The van der Waals surface area contributed by atoms with Crippen molar-refractivity contribution in [3.8, 4) is 0 Å². The van der Waals surface area contributed by atoms with Crippen LogP contribution in [-0.2, 0) is 28.5 Å². The average molecular weight is 683 g/mol. The Kier molecular flexibility index (Phi) is 9.13.